The Morgan fingerprint density at radius 1 is 1.19 bits per heavy atom. The van der Waals surface area contributed by atoms with Gasteiger partial charge in [-0.2, -0.15) is 0 Å². The van der Waals surface area contributed by atoms with Crippen LogP contribution in [0.25, 0.3) is 0 Å². The van der Waals surface area contributed by atoms with Gasteiger partial charge in [0.15, 0.2) is 5.96 Å². The molecule has 2 rings (SSSR count). The summed E-state index contributed by atoms with van der Waals surface area (Å²) in [4.78, 5) is 4.30. The lowest BCUT2D eigenvalue weighted by Gasteiger charge is -2.13. The number of para-hydroxylation sites is 1. The normalized spacial score (nSPS) is 12.8. The molecule has 0 aliphatic heterocycles. The first-order valence-electron chi connectivity index (χ1n) is 6.99. The van der Waals surface area contributed by atoms with Crippen molar-refractivity contribution in [3.05, 3.63) is 60.2 Å². The second-order valence-corrected chi connectivity index (χ2v) is 4.96. The molecule has 4 heteroatoms. The van der Waals surface area contributed by atoms with Crippen molar-refractivity contribution in [2.24, 2.45) is 10.7 Å². The van der Waals surface area contributed by atoms with Crippen LogP contribution in [-0.2, 0) is 0 Å². The predicted molar refractivity (Wildman–Crippen MR) is 87.8 cm³/mol. The Hall–Kier alpha value is -2.49. The number of nitrogens with zero attached hydrogens (tertiary/aromatic N) is 1. The molecule has 0 aliphatic rings. The van der Waals surface area contributed by atoms with Crippen molar-refractivity contribution in [1.82, 2.24) is 0 Å². The first kappa shape index (κ1) is 14.9. The van der Waals surface area contributed by atoms with Crippen LogP contribution in [0.1, 0.15) is 12.5 Å². The number of hydrogen-bond acceptors (Lipinski definition) is 2. The van der Waals surface area contributed by atoms with E-state index in [1.54, 1.807) is 0 Å². The molecule has 0 saturated carbocycles. The van der Waals surface area contributed by atoms with Gasteiger partial charge >= 0.3 is 0 Å². The van der Waals surface area contributed by atoms with Gasteiger partial charge in [-0.15, -0.1) is 0 Å². The van der Waals surface area contributed by atoms with Crippen molar-refractivity contribution in [3.63, 3.8) is 0 Å². The van der Waals surface area contributed by atoms with Gasteiger partial charge in [-0.1, -0.05) is 30.3 Å². The van der Waals surface area contributed by atoms with Gasteiger partial charge in [-0.3, -0.25) is 0 Å². The molecule has 4 nitrogen and oxygen atoms in total. The van der Waals surface area contributed by atoms with E-state index in [4.69, 9.17) is 10.5 Å². The van der Waals surface area contributed by atoms with Crippen molar-refractivity contribution >= 4 is 11.6 Å². The summed E-state index contributed by atoms with van der Waals surface area (Å²) in [5.41, 5.74) is 7.95. The standard InChI is InChI=1S/C17H21N3O/c1-13-7-6-10-16(11-13)21-14(2)12-19-17(18)20-15-8-4-3-5-9-15/h3-11,14H,12H2,1-2H3,(H3,18,19,20). The van der Waals surface area contributed by atoms with E-state index >= 15 is 0 Å². The van der Waals surface area contributed by atoms with Crippen LogP contribution < -0.4 is 15.8 Å². The highest BCUT2D eigenvalue weighted by Gasteiger charge is 2.04. The summed E-state index contributed by atoms with van der Waals surface area (Å²) >= 11 is 0. The van der Waals surface area contributed by atoms with Gasteiger partial charge < -0.3 is 15.8 Å². The molecule has 0 spiro atoms. The molecular weight excluding hydrogens is 262 g/mol. The molecule has 0 aliphatic carbocycles. The van der Waals surface area contributed by atoms with Gasteiger partial charge in [0.1, 0.15) is 11.9 Å². The highest BCUT2D eigenvalue weighted by atomic mass is 16.5. The zero-order valence-corrected chi connectivity index (χ0v) is 12.4. The number of benzene rings is 2. The van der Waals surface area contributed by atoms with Crippen LogP contribution in [0.3, 0.4) is 0 Å². The number of anilines is 1. The fraction of sp³-hybridized carbons (Fsp3) is 0.235. The van der Waals surface area contributed by atoms with E-state index in [-0.39, 0.29) is 6.10 Å². The number of ether oxygens (including phenoxy) is 1. The predicted octanol–water partition coefficient (Wildman–Crippen LogP) is 3.19. The third kappa shape index (κ3) is 5.18. The zero-order valence-electron chi connectivity index (χ0n) is 12.4. The molecule has 0 aromatic heterocycles. The Bertz CT molecular complexity index is 596. The molecule has 3 N–H and O–H groups in total. The number of guanidine groups is 1. The summed E-state index contributed by atoms with van der Waals surface area (Å²) in [7, 11) is 0. The Morgan fingerprint density at radius 3 is 2.67 bits per heavy atom. The van der Waals surface area contributed by atoms with Crippen molar-refractivity contribution in [3.8, 4) is 5.75 Å². The molecule has 0 amide bonds. The zero-order chi connectivity index (χ0) is 15.1. The Kier molecular flexibility index (Phi) is 5.21. The molecule has 0 saturated heterocycles. The summed E-state index contributed by atoms with van der Waals surface area (Å²) in [5, 5.41) is 3.04. The first-order valence-corrected chi connectivity index (χ1v) is 6.99. The first-order chi connectivity index (χ1) is 10.1. The van der Waals surface area contributed by atoms with Crippen molar-refractivity contribution in [2.75, 3.05) is 11.9 Å². The van der Waals surface area contributed by atoms with Crippen LogP contribution in [0.15, 0.2) is 59.6 Å². The van der Waals surface area contributed by atoms with Crippen LogP contribution in [-0.4, -0.2) is 18.6 Å². The lowest BCUT2D eigenvalue weighted by molar-refractivity contribution is 0.230. The van der Waals surface area contributed by atoms with Crippen LogP contribution in [0.4, 0.5) is 5.69 Å². The second kappa shape index (κ2) is 7.33. The molecule has 2 aromatic carbocycles. The van der Waals surface area contributed by atoms with Crippen LogP contribution in [0.5, 0.6) is 5.75 Å². The molecule has 110 valence electrons. The molecule has 1 unspecified atom stereocenters. The molecule has 2 aromatic rings. The Balaban J connectivity index is 1.85. The summed E-state index contributed by atoms with van der Waals surface area (Å²) in [6, 6.07) is 17.7. The number of rotatable bonds is 5. The topological polar surface area (TPSA) is 59.6 Å². The van der Waals surface area contributed by atoms with Gasteiger partial charge in [-0.05, 0) is 43.7 Å². The van der Waals surface area contributed by atoms with Crippen LogP contribution in [0, 0.1) is 6.92 Å². The maximum Gasteiger partial charge on any atom is 0.193 e. The van der Waals surface area contributed by atoms with E-state index < -0.39 is 0 Å². The van der Waals surface area contributed by atoms with Gasteiger partial charge in [0, 0.05) is 5.69 Å². The minimum Gasteiger partial charge on any atom is -0.489 e. The number of hydrogen-bond donors (Lipinski definition) is 2. The average molecular weight is 283 g/mol. The lowest BCUT2D eigenvalue weighted by atomic mass is 10.2. The maximum absolute atomic E-state index is 5.85. The number of nitrogens with one attached hydrogen (secondary N) is 1. The number of aliphatic imine (C=N–C) groups is 1. The third-order valence-electron chi connectivity index (χ3n) is 2.89. The Morgan fingerprint density at radius 2 is 1.95 bits per heavy atom. The van der Waals surface area contributed by atoms with Gasteiger partial charge in [0.2, 0.25) is 0 Å². The van der Waals surface area contributed by atoms with Crippen molar-refractivity contribution in [1.29, 1.82) is 0 Å². The van der Waals surface area contributed by atoms with Gasteiger partial charge in [-0.25, -0.2) is 4.99 Å². The van der Waals surface area contributed by atoms with Gasteiger partial charge in [0.05, 0.1) is 6.54 Å². The van der Waals surface area contributed by atoms with E-state index in [0.717, 1.165) is 11.4 Å². The van der Waals surface area contributed by atoms with Crippen molar-refractivity contribution in [2.45, 2.75) is 20.0 Å². The molecule has 0 fully saturated rings. The summed E-state index contributed by atoms with van der Waals surface area (Å²) in [6.07, 6.45) is -0.0390. The van der Waals surface area contributed by atoms with E-state index in [1.807, 2.05) is 68.4 Å². The lowest BCUT2D eigenvalue weighted by Crippen LogP contribution is -2.25. The minimum absolute atomic E-state index is 0.0390. The quantitative estimate of drug-likeness (QED) is 0.654. The highest BCUT2D eigenvalue weighted by molar-refractivity contribution is 5.92. The average Bonchev–Trinajstić information content (AvgIpc) is 2.46. The molecule has 0 heterocycles. The highest BCUT2D eigenvalue weighted by Crippen LogP contribution is 2.14. The largest absolute Gasteiger partial charge is 0.489 e. The SMILES string of the molecule is Cc1cccc(OC(C)CN=C(N)Nc2ccccc2)c1. The van der Waals surface area contributed by atoms with Crippen LogP contribution in [0.2, 0.25) is 0 Å². The molecule has 21 heavy (non-hydrogen) atoms. The fourth-order valence-corrected chi connectivity index (χ4v) is 1.89. The fourth-order valence-electron chi connectivity index (χ4n) is 1.89. The van der Waals surface area contributed by atoms with E-state index in [1.165, 1.54) is 5.56 Å². The monoisotopic (exact) mass is 283 g/mol. The van der Waals surface area contributed by atoms with E-state index in [2.05, 4.69) is 10.3 Å². The number of aryl methyl sites for hydroxylation is 1. The molecule has 1 atom stereocenters. The third-order valence-corrected chi connectivity index (χ3v) is 2.89. The van der Waals surface area contributed by atoms with Gasteiger partial charge in [0.25, 0.3) is 0 Å². The van der Waals surface area contributed by atoms with E-state index in [9.17, 15) is 0 Å². The molecule has 0 bridgehead atoms. The number of nitrogens with two attached hydrogens (primary N) is 1. The van der Waals surface area contributed by atoms with Crippen molar-refractivity contribution < 1.29 is 4.74 Å². The van der Waals surface area contributed by atoms with Crippen LogP contribution >= 0.6 is 0 Å². The summed E-state index contributed by atoms with van der Waals surface area (Å²) in [6.45, 7) is 4.51. The second-order valence-electron chi connectivity index (χ2n) is 4.96. The Labute approximate surface area is 125 Å². The summed E-state index contributed by atoms with van der Waals surface area (Å²) < 4.78 is 5.81. The summed E-state index contributed by atoms with van der Waals surface area (Å²) in [5.74, 6) is 1.24. The maximum atomic E-state index is 5.85. The smallest absolute Gasteiger partial charge is 0.193 e. The molecule has 0 radical (unpaired) electrons. The minimum atomic E-state index is -0.0390. The molecular formula is C17H21N3O. The van der Waals surface area contributed by atoms with E-state index in [0.29, 0.717) is 12.5 Å².